The highest BCUT2D eigenvalue weighted by molar-refractivity contribution is 5.94. The molecule has 5 rings (SSSR count). The fourth-order valence-corrected chi connectivity index (χ4v) is 4.58. The molecule has 1 saturated heterocycles. The van der Waals surface area contributed by atoms with E-state index in [1.54, 1.807) is 0 Å². The number of ether oxygens (including phenoxy) is 3. The van der Waals surface area contributed by atoms with Crippen LogP contribution < -0.4 is 25.0 Å². The molecule has 2 aliphatic heterocycles. The fraction of sp³-hybridized carbons (Fsp3) is 0.500. The van der Waals surface area contributed by atoms with Gasteiger partial charge in [0.05, 0.1) is 19.9 Å². The Hall–Kier alpha value is -3.54. The number of carbonyl (C=O) groups excluding carboxylic acids is 2. The van der Waals surface area contributed by atoms with Crippen LogP contribution in [0.4, 0.5) is 20.8 Å². The lowest BCUT2D eigenvalue weighted by molar-refractivity contribution is -0.118. The smallest absolute Gasteiger partial charge is 0.415 e. The summed E-state index contributed by atoms with van der Waals surface area (Å²) < 4.78 is 30.2. The van der Waals surface area contributed by atoms with Gasteiger partial charge in [-0.2, -0.15) is 0 Å². The van der Waals surface area contributed by atoms with E-state index in [2.05, 4.69) is 25.6 Å². The second-order valence-corrected chi connectivity index (χ2v) is 8.58. The summed E-state index contributed by atoms with van der Waals surface area (Å²) in [4.78, 5) is 37.8. The number of fused-ring (bicyclic) bond motifs is 2. The van der Waals surface area contributed by atoms with Gasteiger partial charge in [0, 0.05) is 5.69 Å². The van der Waals surface area contributed by atoms with Crippen molar-refractivity contribution in [3.05, 3.63) is 28.8 Å². The first-order valence-electron chi connectivity index (χ1n) is 11.1. The van der Waals surface area contributed by atoms with Crippen LogP contribution in [0.1, 0.15) is 23.2 Å². The maximum Gasteiger partial charge on any atom is 0.415 e. The average Bonchev–Trinajstić information content (AvgIpc) is 3.42. The first kappa shape index (κ1) is 22.3. The number of amides is 2. The highest BCUT2D eigenvalue weighted by Crippen LogP contribution is 2.34. The van der Waals surface area contributed by atoms with Crippen LogP contribution in [0.5, 0.6) is 11.8 Å². The van der Waals surface area contributed by atoms with Gasteiger partial charge in [0.25, 0.3) is 17.7 Å². The molecule has 1 aliphatic carbocycles. The van der Waals surface area contributed by atoms with Crippen LogP contribution in [0.2, 0.25) is 0 Å². The summed E-state index contributed by atoms with van der Waals surface area (Å²) in [5.41, 5.74) is 2.48. The third-order valence-corrected chi connectivity index (χ3v) is 6.25. The van der Waals surface area contributed by atoms with Crippen molar-refractivity contribution in [2.75, 3.05) is 43.6 Å². The van der Waals surface area contributed by atoms with Crippen LogP contribution in [0, 0.1) is 18.7 Å². The molecule has 180 valence electrons. The molecule has 2 N–H and O–H groups in total. The minimum absolute atomic E-state index is 0.0518. The van der Waals surface area contributed by atoms with Crippen molar-refractivity contribution in [1.82, 2.24) is 20.3 Å². The minimum Gasteiger partial charge on any atom is -0.479 e. The molecule has 1 fully saturated rings. The Kier molecular flexibility index (Phi) is 5.90. The van der Waals surface area contributed by atoms with Gasteiger partial charge >= 0.3 is 6.09 Å². The Morgan fingerprint density at radius 2 is 2.12 bits per heavy atom. The number of methoxy groups -OCH3 is 1. The zero-order valence-corrected chi connectivity index (χ0v) is 18.9. The van der Waals surface area contributed by atoms with E-state index in [1.807, 2.05) is 6.92 Å². The predicted octanol–water partition coefficient (Wildman–Crippen LogP) is 1.38. The molecule has 4 heterocycles. The van der Waals surface area contributed by atoms with Crippen molar-refractivity contribution in [3.8, 4) is 11.8 Å². The molecule has 2 aromatic heterocycles. The number of aromatic nitrogens is 3. The number of hydrogen-bond donors (Lipinski definition) is 2. The summed E-state index contributed by atoms with van der Waals surface area (Å²) in [6.45, 7) is 3.45. The number of aryl methyl sites for hydroxylation is 1. The molecule has 34 heavy (non-hydrogen) atoms. The van der Waals surface area contributed by atoms with E-state index >= 15 is 0 Å². The minimum atomic E-state index is -0.513. The lowest BCUT2D eigenvalue weighted by Gasteiger charge is -2.18. The second-order valence-electron chi connectivity index (χ2n) is 8.58. The van der Waals surface area contributed by atoms with Crippen LogP contribution in [0.25, 0.3) is 0 Å². The standard InChI is InChI=1S/C22H25FN6O5/c1-11-14-5-12(6-15(14)18(23)20(26-11)32-2)7-24-4-3-13-9-29(22(31)34-13)16-8-25-21-19(27-16)28-17(30)10-33-21/h8,12-13,24H,3-7,9-10H2,1-2H3,(H,27,28,30). The molecule has 0 spiro atoms. The largest absolute Gasteiger partial charge is 0.479 e. The maximum atomic E-state index is 14.5. The monoisotopic (exact) mass is 472 g/mol. The number of halogens is 1. The number of cyclic esters (lactones) is 1. The molecule has 0 saturated carbocycles. The summed E-state index contributed by atoms with van der Waals surface area (Å²) in [6.07, 6.45) is 2.62. The van der Waals surface area contributed by atoms with Crippen molar-refractivity contribution in [3.63, 3.8) is 0 Å². The highest BCUT2D eigenvalue weighted by atomic mass is 19.1. The summed E-state index contributed by atoms with van der Waals surface area (Å²) in [5, 5.41) is 5.97. The maximum absolute atomic E-state index is 14.5. The van der Waals surface area contributed by atoms with E-state index in [4.69, 9.17) is 14.2 Å². The Morgan fingerprint density at radius 1 is 1.29 bits per heavy atom. The number of pyridine rings is 1. The van der Waals surface area contributed by atoms with Gasteiger partial charge in [-0.15, -0.1) is 0 Å². The molecule has 2 atom stereocenters. The first-order chi connectivity index (χ1) is 16.4. The molecule has 0 aromatic carbocycles. The lowest BCUT2D eigenvalue weighted by atomic mass is 10.1. The number of nitrogens with zero attached hydrogens (tertiary/aromatic N) is 4. The summed E-state index contributed by atoms with van der Waals surface area (Å²) in [5.74, 6) is 0.318. The zero-order valence-electron chi connectivity index (χ0n) is 18.9. The van der Waals surface area contributed by atoms with Gasteiger partial charge in [0.2, 0.25) is 0 Å². The Labute approximate surface area is 195 Å². The van der Waals surface area contributed by atoms with Crippen LogP contribution in [-0.2, 0) is 22.4 Å². The Morgan fingerprint density at radius 3 is 2.94 bits per heavy atom. The molecule has 2 amide bonds. The SMILES string of the molecule is COc1nc(C)c2c(c1F)CC(CNCCC1CN(c3cnc4c(n3)NC(=O)CO4)C(=O)O1)C2. The number of anilines is 2. The second kappa shape index (κ2) is 9.01. The van der Waals surface area contributed by atoms with Gasteiger partial charge in [-0.1, -0.05) is 0 Å². The van der Waals surface area contributed by atoms with Crippen molar-refractivity contribution < 1.29 is 28.2 Å². The van der Waals surface area contributed by atoms with Crippen molar-refractivity contribution >= 4 is 23.6 Å². The van der Waals surface area contributed by atoms with E-state index in [0.29, 0.717) is 31.5 Å². The average molecular weight is 472 g/mol. The zero-order chi connectivity index (χ0) is 23.8. The topological polar surface area (TPSA) is 128 Å². The molecular weight excluding hydrogens is 447 g/mol. The van der Waals surface area contributed by atoms with Gasteiger partial charge in [-0.05, 0) is 56.3 Å². The summed E-state index contributed by atoms with van der Waals surface area (Å²) in [7, 11) is 1.42. The first-order valence-corrected chi connectivity index (χ1v) is 11.1. The normalized spacial score (nSPS) is 21.0. The van der Waals surface area contributed by atoms with E-state index in [9.17, 15) is 14.0 Å². The molecule has 12 heteroatoms. The van der Waals surface area contributed by atoms with E-state index < -0.39 is 6.09 Å². The van der Waals surface area contributed by atoms with Crippen molar-refractivity contribution in [2.24, 2.45) is 5.92 Å². The lowest BCUT2D eigenvalue weighted by Crippen LogP contribution is -2.30. The summed E-state index contributed by atoms with van der Waals surface area (Å²) in [6, 6.07) is 0. The van der Waals surface area contributed by atoms with Gasteiger partial charge in [-0.3, -0.25) is 9.69 Å². The third kappa shape index (κ3) is 4.20. The molecule has 2 unspecified atom stereocenters. The van der Waals surface area contributed by atoms with Crippen LogP contribution in [0.15, 0.2) is 6.20 Å². The number of carbonyl (C=O) groups is 2. The van der Waals surface area contributed by atoms with Crippen molar-refractivity contribution in [2.45, 2.75) is 32.3 Å². The fourth-order valence-electron chi connectivity index (χ4n) is 4.58. The molecule has 2 aromatic rings. The van der Waals surface area contributed by atoms with Crippen LogP contribution in [0.3, 0.4) is 0 Å². The Balaban J connectivity index is 1.11. The van der Waals surface area contributed by atoms with Crippen LogP contribution in [-0.4, -0.2) is 66.4 Å². The van der Waals surface area contributed by atoms with E-state index in [-0.39, 0.29) is 53.7 Å². The van der Waals surface area contributed by atoms with Gasteiger partial charge in [0.1, 0.15) is 6.10 Å². The molecular formula is C22H25FN6O5. The summed E-state index contributed by atoms with van der Waals surface area (Å²) >= 11 is 0. The Bertz CT molecular complexity index is 1150. The predicted molar refractivity (Wildman–Crippen MR) is 118 cm³/mol. The van der Waals surface area contributed by atoms with Gasteiger partial charge in [0.15, 0.2) is 24.1 Å². The third-order valence-electron chi connectivity index (χ3n) is 6.25. The molecule has 0 radical (unpaired) electrons. The van der Waals surface area contributed by atoms with E-state index in [1.165, 1.54) is 18.2 Å². The van der Waals surface area contributed by atoms with Gasteiger partial charge < -0.3 is 24.8 Å². The van der Waals surface area contributed by atoms with Gasteiger partial charge in [-0.25, -0.2) is 24.1 Å². The number of nitrogens with one attached hydrogen (secondary N) is 2. The molecule has 0 bridgehead atoms. The molecule has 3 aliphatic rings. The van der Waals surface area contributed by atoms with Crippen molar-refractivity contribution in [1.29, 1.82) is 0 Å². The van der Waals surface area contributed by atoms with Crippen LogP contribution >= 0.6 is 0 Å². The van der Waals surface area contributed by atoms with E-state index in [0.717, 1.165) is 24.2 Å². The number of rotatable bonds is 7. The quantitative estimate of drug-likeness (QED) is 0.575. The molecule has 11 nitrogen and oxygen atoms in total. The highest BCUT2D eigenvalue weighted by Gasteiger charge is 2.34. The number of hydrogen-bond acceptors (Lipinski definition) is 9.